The molecular formula is C14H18BrNO5. The number of carbonyl (C=O) groups is 1. The standard InChI is InChI=1S/C14H18BrNO5/c1-14(2,13(17)18)7-3-4-8-21-12-6-5-10(15)9-11(12)16(19)20/h5-6,9H,3-4,7-8H2,1-2H3,(H,17,18). The highest BCUT2D eigenvalue weighted by Crippen LogP contribution is 2.30. The number of aliphatic carboxylic acids is 1. The first-order valence-corrected chi connectivity index (χ1v) is 7.33. The van der Waals surface area contributed by atoms with E-state index in [1.807, 2.05) is 0 Å². The lowest BCUT2D eigenvalue weighted by atomic mass is 9.87. The summed E-state index contributed by atoms with van der Waals surface area (Å²) in [5.74, 6) is -0.604. The van der Waals surface area contributed by atoms with Gasteiger partial charge < -0.3 is 9.84 Å². The summed E-state index contributed by atoms with van der Waals surface area (Å²) in [7, 11) is 0. The summed E-state index contributed by atoms with van der Waals surface area (Å²) in [5.41, 5.74) is -0.848. The van der Waals surface area contributed by atoms with Crippen LogP contribution in [-0.4, -0.2) is 22.6 Å². The fourth-order valence-corrected chi connectivity index (χ4v) is 2.06. The van der Waals surface area contributed by atoms with Gasteiger partial charge in [-0.1, -0.05) is 15.9 Å². The average Bonchev–Trinajstić information content (AvgIpc) is 2.39. The van der Waals surface area contributed by atoms with Crippen LogP contribution in [0.2, 0.25) is 0 Å². The van der Waals surface area contributed by atoms with Crippen molar-refractivity contribution in [3.8, 4) is 5.75 Å². The van der Waals surface area contributed by atoms with Crippen LogP contribution in [0, 0.1) is 15.5 Å². The summed E-state index contributed by atoms with van der Waals surface area (Å²) in [6.07, 6.45) is 1.86. The minimum absolute atomic E-state index is 0.0877. The molecule has 0 aliphatic heterocycles. The third-order valence-corrected chi connectivity index (χ3v) is 3.64. The molecule has 0 aliphatic rings. The van der Waals surface area contributed by atoms with Gasteiger partial charge in [0.25, 0.3) is 0 Å². The molecule has 0 aromatic heterocycles. The zero-order chi connectivity index (χ0) is 16.0. The largest absolute Gasteiger partial charge is 0.487 e. The van der Waals surface area contributed by atoms with Crippen LogP contribution in [0.4, 0.5) is 5.69 Å². The number of hydrogen-bond acceptors (Lipinski definition) is 4. The second-order valence-electron chi connectivity index (χ2n) is 5.36. The maximum absolute atomic E-state index is 10.9. The molecule has 0 unspecified atom stereocenters. The Kier molecular flexibility index (Phi) is 6.14. The number of hydrogen-bond donors (Lipinski definition) is 1. The van der Waals surface area contributed by atoms with E-state index < -0.39 is 16.3 Å². The monoisotopic (exact) mass is 359 g/mol. The Bertz CT molecular complexity index is 530. The molecule has 1 N–H and O–H groups in total. The predicted molar refractivity (Wildman–Crippen MR) is 81.6 cm³/mol. The van der Waals surface area contributed by atoms with E-state index in [0.717, 1.165) is 0 Å². The Morgan fingerprint density at radius 2 is 2.10 bits per heavy atom. The van der Waals surface area contributed by atoms with E-state index in [2.05, 4.69) is 15.9 Å². The number of carboxylic acid groups (broad SMARTS) is 1. The third-order valence-electron chi connectivity index (χ3n) is 3.15. The molecule has 1 rings (SSSR count). The molecule has 0 amide bonds. The number of nitro groups is 1. The van der Waals surface area contributed by atoms with Gasteiger partial charge in [-0.05, 0) is 45.2 Å². The van der Waals surface area contributed by atoms with Crippen LogP contribution in [0.15, 0.2) is 22.7 Å². The first-order chi connectivity index (χ1) is 9.74. The fraction of sp³-hybridized carbons (Fsp3) is 0.500. The molecule has 0 aliphatic carbocycles. The summed E-state index contributed by atoms with van der Waals surface area (Å²) in [6, 6.07) is 4.61. The van der Waals surface area contributed by atoms with E-state index in [4.69, 9.17) is 9.84 Å². The minimum Gasteiger partial charge on any atom is -0.487 e. The Morgan fingerprint density at radius 3 is 2.67 bits per heavy atom. The van der Waals surface area contributed by atoms with Crippen molar-refractivity contribution in [2.75, 3.05) is 6.61 Å². The van der Waals surface area contributed by atoms with Crippen LogP contribution < -0.4 is 4.74 Å². The Balaban J connectivity index is 2.47. The first-order valence-electron chi connectivity index (χ1n) is 6.54. The van der Waals surface area contributed by atoms with Gasteiger partial charge in [0.2, 0.25) is 0 Å². The molecule has 116 valence electrons. The molecule has 21 heavy (non-hydrogen) atoms. The maximum Gasteiger partial charge on any atom is 0.312 e. The molecule has 0 spiro atoms. The lowest BCUT2D eigenvalue weighted by molar-refractivity contribution is -0.385. The number of carboxylic acids is 1. The van der Waals surface area contributed by atoms with Crippen molar-refractivity contribution in [2.45, 2.75) is 33.1 Å². The molecule has 0 radical (unpaired) electrons. The van der Waals surface area contributed by atoms with Crippen LogP contribution in [0.3, 0.4) is 0 Å². The van der Waals surface area contributed by atoms with Crippen LogP contribution >= 0.6 is 15.9 Å². The van der Waals surface area contributed by atoms with Gasteiger partial charge in [-0.2, -0.15) is 0 Å². The molecular weight excluding hydrogens is 342 g/mol. The van der Waals surface area contributed by atoms with Crippen LogP contribution in [-0.2, 0) is 4.79 Å². The summed E-state index contributed by atoms with van der Waals surface area (Å²) < 4.78 is 6.03. The van der Waals surface area contributed by atoms with Crippen molar-refractivity contribution < 1.29 is 19.6 Å². The molecule has 0 saturated heterocycles. The number of ether oxygens (including phenoxy) is 1. The zero-order valence-corrected chi connectivity index (χ0v) is 13.6. The number of rotatable bonds is 8. The van der Waals surface area contributed by atoms with Gasteiger partial charge >= 0.3 is 11.7 Å². The Morgan fingerprint density at radius 1 is 1.43 bits per heavy atom. The van der Waals surface area contributed by atoms with Gasteiger partial charge in [0.15, 0.2) is 5.75 Å². The van der Waals surface area contributed by atoms with E-state index in [1.165, 1.54) is 6.07 Å². The average molecular weight is 360 g/mol. The molecule has 0 atom stereocenters. The van der Waals surface area contributed by atoms with Crippen LogP contribution in [0.25, 0.3) is 0 Å². The van der Waals surface area contributed by atoms with Crippen LogP contribution in [0.5, 0.6) is 5.75 Å². The van der Waals surface area contributed by atoms with Crippen molar-refractivity contribution in [3.05, 3.63) is 32.8 Å². The number of nitro benzene ring substituents is 1. The fourth-order valence-electron chi connectivity index (χ4n) is 1.71. The number of nitrogens with zero attached hydrogens (tertiary/aromatic N) is 1. The van der Waals surface area contributed by atoms with E-state index in [1.54, 1.807) is 26.0 Å². The van der Waals surface area contributed by atoms with Gasteiger partial charge in [0.05, 0.1) is 16.9 Å². The van der Waals surface area contributed by atoms with E-state index in [0.29, 0.717) is 30.3 Å². The van der Waals surface area contributed by atoms with Crippen molar-refractivity contribution in [3.63, 3.8) is 0 Å². The van der Waals surface area contributed by atoms with Crippen LogP contribution in [0.1, 0.15) is 33.1 Å². The zero-order valence-electron chi connectivity index (χ0n) is 12.0. The SMILES string of the molecule is CC(C)(CCCCOc1ccc(Br)cc1[N+](=O)[O-])C(=O)O. The van der Waals surface area contributed by atoms with E-state index in [-0.39, 0.29) is 11.4 Å². The van der Waals surface area contributed by atoms with Crippen molar-refractivity contribution in [2.24, 2.45) is 5.41 Å². The number of unbranched alkanes of at least 4 members (excludes halogenated alkanes) is 1. The summed E-state index contributed by atoms with van der Waals surface area (Å²) in [4.78, 5) is 21.4. The van der Waals surface area contributed by atoms with Crippen molar-refractivity contribution >= 4 is 27.6 Å². The molecule has 0 heterocycles. The molecule has 0 saturated carbocycles. The van der Waals surface area contributed by atoms with Gasteiger partial charge in [0.1, 0.15) is 0 Å². The van der Waals surface area contributed by atoms with Crippen molar-refractivity contribution in [1.29, 1.82) is 0 Å². The first kappa shape index (κ1) is 17.4. The summed E-state index contributed by atoms with van der Waals surface area (Å²) >= 11 is 3.18. The van der Waals surface area contributed by atoms with Gasteiger partial charge in [-0.15, -0.1) is 0 Å². The van der Waals surface area contributed by atoms with Gasteiger partial charge in [-0.25, -0.2) is 0 Å². The molecule has 0 fully saturated rings. The topological polar surface area (TPSA) is 89.7 Å². The predicted octanol–water partition coefficient (Wildman–Crippen LogP) is 4.02. The normalized spacial score (nSPS) is 11.2. The van der Waals surface area contributed by atoms with Gasteiger partial charge in [-0.3, -0.25) is 14.9 Å². The molecule has 1 aromatic rings. The summed E-state index contributed by atoms with van der Waals surface area (Å²) in [5, 5.41) is 19.9. The van der Waals surface area contributed by atoms with E-state index in [9.17, 15) is 14.9 Å². The Hall–Kier alpha value is -1.63. The molecule has 0 bridgehead atoms. The summed E-state index contributed by atoms with van der Waals surface area (Å²) in [6.45, 7) is 3.67. The van der Waals surface area contributed by atoms with Gasteiger partial charge in [0, 0.05) is 10.5 Å². The maximum atomic E-state index is 10.9. The smallest absolute Gasteiger partial charge is 0.312 e. The second-order valence-corrected chi connectivity index (χ2v) is 6.28. The highest BCUT2D eigenvalue weighted by atomic mass is 79.9. The lowest BCUT2D eigenvalue weighted by Gasteiger charge is -2.18. The van der Waals surface area contributed by atoms with E-state index >= 15 is 0 Å². The number of benzene rings is 1. The van der Waals surface area contributed by atoms with Crippen molar-refractivity contribution in [1.82, 2.24) is 0 Å². The molecule has 6 nitrogen and oxygen atoms in total. The Labute approximate surface area is 131 Å². The second kappa shape index (κ2) is 7.40. The highest BCUT2D eigenvalue weighted by Gasteiger charge is 2.26. The quantitative estimate of drug-likeness (QED) is 0.430. The molecule has 7 heteroatoms. The highest BCUT2D eigenvalue weighted by molar-refractivity contribution is 9.10. The lowest BCUT2D eigenvalue weighted by Crippen LogP contribution is -2.23. The number of halogens is 1. The minimum atomic E-state index is -0.827. The third kappa shape index (κ3) is 5.34. The molecule has 1 aromatic carbocycles.